The van der Waals surface area contributed by atoms with Crippen molar-refractivity contribution in [3.63, 3.8) is 0 Å². The Labute approximate surface area is 133 Å². The number of amides is 1. The van der Waals surface area contributed by atoms with Crippen molar-refractivity contribution in [1.82, 2.24) is 19.8 Å². The minimum Gasteiger partial charge on any atom is -0.342 e. The standard InChI is InChI=1S/C15H19N5OS/c16-20-14(12-7-3-1-4-8-12)17-18-15(20)22-11-13(21)19-9-5-2-6-10-19/h1,3-4,7-8H,2,5-6,9-11,16H2. The molecule has 22 heavy (non-hydrogen) atoms. The molecule has 2 aromatic rings. The van der Waals surface area contributed by atoms with E-state index in [1.165, 1.54) is 22.9 Å². The fourth-order valence-electron chi connectivity index (χ4n) is 2.52. The summed E-state index contributed by atoms with van der Waals surface area (Å²) >= 11 is 1.34. The Morgan fingerprint density at radius 3 is 2.59 bits per heavy atom. The summed E-state index contributed by atoms with van der Waals surface area (Å²) in [6, 6.07) is 9.66. The highest BCUT2D eigenvalue weighted by Gasteiger charge is 2.18. The van der Waals surface area contributed by atoms with Gasteiger partial charge in [0.2, 0.25) is 11.1 Å². The Bertz CT molecular complexity index is 637. The van der Waals surface area contributed by atoms with Gasteiger partial charge >= 0.3 is 0 Å². The van der Waals surface area contributed by atoms with Gasteiger partial charge in [0.1, 0.15) is 0 Å². The van der Waals surface area contributed by atoms with Gasteiger partial charge in [-0.2, -0.15) is 0 Å². The number of nitrogen functional groups attached to an aromatic ring is 1. The summed E-state index contributed by atoms with van der Waals surface area (Å²) in [7, 11) is 0. The van der Waals surface area contributed by atoms with E-state index in [0.29, 0.717) is 16.7 Å². The minimum atomic E-state index is 0.147. The van der Waals surface area contributed by atoms with Crippen molar-refractivity contribution in [2.75, 3.05) is 24.7 Å². The first-order chi connectivity index (χ1) is 10.8. The molecule has 1 fully saturated rings. The lowest BCUT2D eigenvalue weighted by Gasteiger charge is -2.26. The molecule has 1 amide bonds. The van der Waals surface area contributed by atoms with E-state index in [1.54, 1.807) is 0 Å². The number of likely N-dealkylation sites (tertiary alicyclic amines) is 1. The molecule has 0 bridgehead atoms. The second-order valence-corrected chi connectivity index (χ2v) is 6.21. The Hall–Kier alpha value is -2.02. The zero-order valence-corrected chi connectivity index (χ0v) is 13.1. The van der Waals surface area contributed by atoms with Crippen LogP contribution in [0.3, 0.4) is 0 Å². The van der Waals surface area contributed by atoms with Gasteiger partial charge in [-0.1, -0.05) is 42.1 Å². The number of piperidine rings is 1. The number of aromatic nitrogens is 3. The topological polar surface area (TPSA) is 77.0 Å². The van der Waals surface area contributed by atoms with E-state index >= 15 is 0 Å². The number of carbonyl (C=O) groups excluding carboxylic acids is 1. The van der Waals surface area contributed by atoms with Crippen LogP contribution >= 0.6 is 11.8 Å². The van der Waals surface area contributed by atoms with E-state index in [4.69, 9.17) is 5.84 Å². The molecule has 0 aliphatic carbocycles. The second kappa shape index (κ2) is 6.83. The largest absolute Gasteiger partial charge is 0.342 e. The Kier molecular flexibility index (Phi) is 4.62. The minimum absolute atomic E-state index is 0.147. The maximum Gasteiger partial charge on any atom is 0.233 e. The highest BCUT2D eigenvalue weighted by Crippen LogP contribution is 2.22. The SMILES string of the molecule is Nn1c(SCC(=O)N2CCCCC2)nnc1-c1ccccc1. The summed E-state index contributed by atoms with van der Waals surface area (Å²) in [5, 5.41) is 8.77. The van der Waals surface area contributed by atoms with Crippen LogP contribution in [0.15, 0.2) is 35.5 Å². The molecule has 1 aliphatic rings. The summed E-state index contributed by atoms with van der Waals surface area (Å²) in [5.74, 6) is 7.15. The lowest BCUT2D eigenvalue weighted by molar-refractivity contribution is -0.129. The van der Waals surface area contributed by atoms with Crippen LogP contribution in [0, 0.1) is 0 Å². The van der Waals surface area contributed by atoms with Crippen LogP contribution in [-0.2, 0) is 4.79 Å². The van der Waals surface area contributed by atoms with E-state index in [0.717, 1.165) is 31.5 Å². The van der Waals surface area contributed by atoms with Crippen LogP contribution in [0.4, 0.5) is 0 Å². The first-order valence-corrected chi connectivity index (χ1v) is 8.41. The van der Waals surface area contributed by atoms with E-state index < -0.39 is 0 Å². The molecule has 7 heteroatoms. The summed E-state index contributed by atoms with van der Waals surface area (Å²) in [4.78, 5) is 14.1. The van der Waals surface area contributed by atoms with Crippen LogP contribution in [0.5, 0.6) is 0 Å². The highest BCUT2D eigenvalue weighted by atomic mass is 32.2. The van der Waals surface area contributed by atoms with Gasteiger partial charge in [-0.05, 0) is 19.3 Å². The average Bonchev–Trinajstić information content (AvgIpc) is 2.95. The summed E-state index contributed by atoms with van der Waals surface area (Å²) < 4.78 is 1.45. The third-order valence-electron chi connectivity index (χ3n) is 3.73. The quantitative estimate of drug-likeness (QED) is 0.687. The fourth-order valence-corrected chi connectivity index (χ4v) is 3.28. The molecule has 0 spiro atoms. The molecule has 2 heterocycles. The lowest BCUT2D eigenvalue weighted by Crippen LogP contribution is -2.36. The van der Waals surface area contributed by atoms with Gasteiger partial charge in [-0.15, -0.1) is 10.2 Å². The van der Waals surface area contributed by atoms with Crippen molar-refractivity contribution in [1.29, 1.82) is 0 Å². The van der Waals surface area contributed by atoms with Crippen LogP contribution in [0.2, 0.25) is 0 Å². The maximum atomic E-state index is 12.2. The van der Waals surface area contributed by atoms with Crippen LogP contribution < -0.4 is 5.84 Å². The van der Waals surface area contributed by atoms with Gasteiger partial charge in [0.05, 0.1) is 5.75 Å². The van der Waals surface area contributed by atoms with Crippen molar-refractivity contribution >= 4 is 17.7 Å². The molecule has 6 nitrogen and oxygen atoms in total. The van der Waals surface area contributed by atoms with E-state index in [1.807, 2.05) is 35.2 Å². The Balaban J connectivity index is 1.64. The second-order valence-electron chi connectivity index (χ2n) is 5.27. The summed E-state index contributed by atoms with van der Waals surface area (Å²) in [6.07, 6.45) is 3.41. The smallest absolute Gasteiger partial charge is 0.233 e. The predicted octanol–water partition coefficient (Wildman–Crippen LogP) is 1.76. The Morgan fingerprint density at radius 1 is 1.14 bits per heavy atom. The van der Waals surface area contributed by atoms with Crippen molar-refractivity contribution in [3.05, 3.63) is 30.3 Å². The van der Waals surface area contributed by atoms with E-state index in [9.17, 15) is 4.79 Å². The third-order valence-corrected chi connectivity index (χ3v) is 4.66. The molecule has 1 aromatic carbocycles. The monoisotopic (exact) mass is 317 g/mol. The molecular formula is C15H19N5OS. The van der Waals surface area contributed by atoms with Crippen LogP contribution in [-0.4, -0.2) is 44.5 Å². The Morgan fingerprint density at radius 2 is 1.86 bits per heavy atom. The maximum absolute atomic E-state index is 12.2. The number of nitrogens with two attached hydrogens (primary N) is 1. The number of rotatable bonds is 4. The first kappa shape index (κ1) is 14.9. The van der Waals surface area contributed by atoms with Gasteiger partial charge in [0.15, 0.2) is 5.82 Å². The van der Waals surface area contributed by atoms with Crippen molar-refractivity contribution in [3.8, 4) is 11.4 Å². The van der Waals surface area contributed by atoms with Crippen molar-refractivity contribution in [2.24, 2.45) is 0 Å². The number of thioether (sulfide) groups is 1. The van der Waals surface area contributed by atoms with Gasteiger partial charge in [0.25, 0.3) is 0 Å². The number of hydrogen-bond donors (Lipinski definition) is 1. The molecule has 116 valence electrons. The molecule has 1 aliphatic heterocycles. The molecule has 1 aromatic heterocycles. The van der Waals surface area contributed by atoms with E-state index in [2.05, 4.69) is 10.2 Å². The van der Waals surface area contributed by atoms with Gasteiger partial charge in [-0.25, -0.2) is 4.68 Å². The molecule has 3 rings (SSSR count). The van der Waals surface area contributed by atoms with Crippen LogP contribution in [0.25, 0.3) is 11.4 Å². The predicted molar refractivity (Wildman–Crippen MR) is 86.8 cm³/mol. The zero-order valence-electron chi connectivity index (χ0n) is 12.3. The number of hydrogen-bond acceptors (Lipinski definition) is 5. The molecule has 0 saturated carbocycles. The highest BCUT2D eigenvalue weighted by molar-refractivity contribution is 7.99. The third kappa shape index (κ3) is 3.24. The van der Waals surface area contributed by atoms with Crippen LogP contribution in [0.1, 0.15) is 19.3 Å². The van der Waals surface area contributed by atoms with Crippen molar-refractivity contribution in [2.45, 2.75) is 24.4 Å². The number of carbonyl (C=O) groups is 1. The molecule has 0 radical (unpaired) electrons. The molecule has 0 unspecified atom stereocenters. The van der Waals surface area contributed by atoms with Gasteiger partial charge in [0, 0.05) is 18.7 Å². The summed E-state index contributed by atoms with van der Waals surface area (Å²) in [6.45, 7) is 1.73. The van der Waals surface area contributed by atoms with Crippen molar-refractivity contribution < 1.29 is 4.79 Å². The molecule has 2 N–H and O–H groups in total. The number of benzene rings is 1. The van der Waals surface area contributed by atoms with E-state index in [-0.39, 0.29) is 5.91 Å². The van der Waals surface area contributed by atoms with Gasteiger partial charge < -0.3 is 10.7 Å². The summed E-state index contributed by atoms with van der Waals surface area (Å²) in [5.41, 5.74) is 0.909. The zero-order chi connectivity index (χ0) is 15.4. The molecule has 1 saturated heterocycles. The molecular weight excluding hydrogens is 298 g/mol. The fraction of sp³-hybridized carbons (Fsp3) is 0.400. The van der Waals surface area contributed by atoms with Gasteiger partial charge in [-0.3, -0.25) is 4.79 Å². The molecule has 0 atom stereocenters. The lowest BCUT2D eigenvalue weighted by atomic mass is 10.1. The average molecular weight is 317 g/mol. The number of nitrogens with zero attached hydrogens (tertiary/aromatic N) is 4. The first-order valence-electron chi connectivity index (χ1n) is 7.42. The normalized spacial score (nSPS) is 15.0.